The molecule has 1 N–H and O–H groups in total. The number of alkyl carbamates (subject to hydrolysis) is 1. The maximum absolute atomic E-state index is 13.5. The van der Waals surface area contributed by atoms with Gasteiger partial charge in [0.2, 0.25) is 11.8 Å². The number of hydrogen-bond acceptors (Lipinski definition) is 6. The smallest absolute Gasteiger partial charge is 0.417 e. The van der Waals surface area contributed by atoms with Crippen LogP contribution in [0.15, 0.2) is 48.5 Å². The molecule has 3 saturated heterocycles. The summed E-state index contributed by atoms with van der Waals surface area (Å²) < 4.78 is 52.3. The number of nitrogens with zero attached hydrogens (tertiary/aromatic N) is 2. The zero-order valence-corrected chi connectivity index (χ0v) is 19.8. The Hall–Kier alpha value is -3.91. The third kappa shape index (κ3) is 3.83. The van der Waals surface area contributed by atoms with Crippen LogP contribution in [0.2, 0.25) is 0 Å². The Kier molecular flexibility index (Phi) is 5.56. The van der Waals surface area contributed by atoms with Crippen LogP contribution in [0.4, 0.5) is 23.7 Å². The van der Waals surface area contributed by atoms with Gasteiger partial charge in [0.05, 0.1) is 40.3 Å². The Morgan fingerprint density at radius 1 is 1.16 bits per heavy atom. The normalized spacial score (nSPS) is 30.3. The highest BCUT2D eigenvalue weighted by Gasteiger charge is 2.77. The van der Waals surface area contributed by atoms with E-state index in [0.717, 1.165) is 22.6 Å². The molecule has 37 heavy (non-hydrogen) atoms. The number of hydrogen-bond donors (Lipinski definition) is 1. The standard InChI is InChI=1S/C26H22F3N3O5/c1-24-11-18(36-23(35)31-13-14-6-4-3-5-7-14)25(2,37-24)20-19(24)21(33)32(22(20)34)16-9-8-15(12-30)17(10-16)26(27,28)29/h3-10,18-20H,11,13H2,1-2H3,(H,31,35)/t18-,19-,20+,24-,25+/m1/s1. The Balaban J connectivity index is 1.39. The van der Waals surface area contributed by atoms with E-state index in [-0.39, 0.29) is 18.7 Å². The highest BCUT2D eigenvalue weighted by atomic mass is 19.4. The molecule has 0 aromatic heterocycles. The van der Waals surface area contributed by atoms with Gasteiger partial charge >= 0.3 is 12.3 Å². The molecule has 3 heterocycles. The van der Waals surface area contributed by atoms with Crippen LogP contribution < -0.4 is 10.2 Å². The number of nitriles is 1. The van der Waals surface area contributed by atoms with Crippen LogP contribution in [0.5, 0.6) is 0 Å². The Labute approximate surface area is 209 Å². The predicted molar refractivity (Wildman–Crippen MR) is 122 cm³/mol. The van der Waals surface area contributed by atoms with Gasteiger partial charge in [-0.25, -0.2) is 9.69 Å². The number of benzene rings is 2. The molecule has 0 spiro atoms. The van der Waals surface area contributed by atoms with E-state index >= 15 is 0 Å². The number of nitrogens with one attached hydrogen (secondary N) is 1. The summed E-state index contributed by atoms with van der Waals surface area (Å²) >= 11 is 0. The van der Waals surface area contributed by atoms with Crippen molar-refractivity contribution >= 4 is 23.6 Å². The molecule has 0 unspecified atom stereocenters. The van der Waals surface area contributed by atoms with E-state index in [1.165, 1.54) is 6.07 Å². The minimum absolute atomic E-state index is 0.136. The number of amides is 3. The van der Waals surface area contributed by atoms with E-state index in [0.29, 0.717) is 6.07 Å². The molecular weight excluding hydrogens is 491 g/mol. The first kappa shape index (κ1) is 24.8. The monoisotopic (exact) mass is 513 g/mol. The van der Waals surface area contributed by atoms with E-state index in [4.69, 9.17) is 14.7 Å². The fourth-order valence-corrected chi connectivity index (χ4v) is 5.85. The molecule has 11 heteroatoms. The number of fused-ring (bicyclic) bond motifs is 5. The average molecular weight is 513 g/mol. The van der Waals surface area contributed by atoms with Gasteiger partial charge in [-0.2, -0.15) is 18.4 Å². The summed E-state index contributed by atoms with van der Waals surface area (Å²) in [6, 6.07) is 13.4. The molecule has 2 aromatic carbocycles. The van der Waals surface area contributed by atoms with Gasteiger partial charge in [-0.3, -0.25) is 9.59 Å². The maximum Gasteiger partial charge on any atom is 0.417 e. The highest BCUT2D eigenvalue weighted by molar-refractivity contribution is 6.23. The van der Waals surface area contributed by atoms with Crippen LogP contribution in [-0.4, -0.2) is 35.2 Å². The summed E-state index contributed by atoms with van der Waals surface area (Å²) in [6.07, 6.45) is -6.30. The quantitative estimate of drug-likeness (QED) is 0.621. The molecular formula is C26H22F3N3O5. The van der Waals surface area contributed by atoms with Crippen molar-refractivity contribution in [1.29, 1.82) is 5.26 Å². The Bertz CT molecular complexity index is 1340. The number of carbonyl (C=O) groups is 3. The van der Waals surface area contributed by atoms with Crippen LogP contribution in [0.1, 0.15) is 37.0 Å². The van der Waals surface area contributed by atoms with E-state index in [1.54, 1.807) is 13.8 Å². The molecule has 5 rings (SSSR count). The molecule has 0 saturated carbocycles. The molecule has 2 bridgehead atoms. The lowest BCUT2D eigenvalue weighted by molar-refractivity contribution is -0.138. The lowest BCUT2D eigenvalue weighted by Crippen LogP contribution is -2.51. The zero-order valence-electron chi connectivity index (χ0n) is 19.8. The van der Waals surface area contributed by atoms with Crippen LogP contribution >= 0.6 is 0 Å². The first-order chi connectivity index (χ1) is 17.4. The van der Waals surface area contributed by atoms with Gasteiger partial charge in [0, 0.05) is 13.0 Å². The number of ether oxygens (including phenoxy) is 2. The van der Waals surface area contributed by atoms with Gasteiger partial charge in [0.15, 0.2) is 0 Å². The van der Waals surface area contributed by atoms with E-state index in [2.05, 4.69) is 5.32 Å². The summed E-state index contributed by atoms with van der Waals surface area (Å²) in [5.41, 5.74) is -3.80. The molecule has 2 aromatic rings. The lowest BCUT2D eigenvalue weighted by atomic mass is 9.67. The fraction of sp³-hybridized carbons (Fsp3) is 0.385. The molecule has 3 aliphatic heterocycles. The SMILES string of the molecule is C[C@]12O[C@](C)(C[C@H]1OC(=O)NCc1ccccc1)[C@H]1C(=O)N(c3ccc(C#N)c(C(F)(F)F)c3)C(=O)[C@H]12. The molecule has 0 aliphatic carbocycles. The molecule has 3 fully saturated rings. The second-order valence-corrected chi connectivity index (χ2v) is 9.84. The molecule has 192 valence electrons. The summed E-state index contributed by atoms with van der Waals surface area (Å²) in [7, 11) is 0. The topological polar surface area (TPSA) is 109 Å². The number of halogens is 3. The van der Waals surface area contributed by atoms with Crippen LogP contribution in [0.25, 0.3) is 0 Å². The largest absolute Gasteiger partial charge is 0.443 e. The number of carbonyl (C=O) groups excluding carboxylic acids is 3. The minimum atomic E-state index is -4.85. The number of rotatable bonds is 4. The summed E-state index contributed by atoms with van der Waals surface area (Å²) in [4.78, 5) is 40.2. The van der Waals surface area contributed by atoms with Crippen LogP contribution in [0, 0.1) is 23.2 Å². The van der Waals surface area contributed by atoms with Gasteiger partial charge < -0.3 is 14.8 Å². The maximum atomic E-state index is 13.5. The average Bonchev–Trinajstić information content (AvgIpc) is 3.37. The van der Waals surface area contributed by atoms with E-state index in [1.807, 2.05) is 30.3 Å². The predicted octanol–water partition coefficient (Wildman–Crippen LogP) is 3.93. The van der Waals surface area contributed by atoms with Crippen molar-refractivity contribution in [2.75, 3.05) is 4.90 Å². The number of anilines is 1. The van der Waals surface area contributed by atoms with Crippen molar-refractivity contribution < 1.29 is 37.0 Å². The van der Waals surface area contributed by atoms with Crippen molar-refractivity contribution in [1.82, 2.24) is 5.32 Å². The van der Waals surface area contributed by atoms with Gasteiger partial charge in [0.25, 0.3) is 0 Å². The third-order valence-electron chi connectivity index (χ3n) is 7.48. The number of imide groups is 1. The summed E-state index contributed by atoms with van der Waals surface area (Å²) in [5, 5.41) is 11.7. The summed E-state index contributed by atoms with van der Waals surface area (Å²) in [5.74, 6) is -3.44. The minimum Gasteiger partial charge on any atom is -0.443 e. The fourth-order valence-electron chi connectivity index (χ4n) is 5.85. The van der Waals surface area contributed by atoms with Crippen LogP contribution in [-0.2, 0) is 31.8 Å². The number of alkyl halides is 3. The van der Waals surface area contributed by atoms with Gasteiger partial charge in [-0.1, -0.05) is 30.3 Å². The summed E-state index contributed by atoms with van der Waals surface area (Å²) in [6.45, 7) is 3.43. The van der Waals surface area contributed by atoms with Crippen molar-refractivity contribution in [2.24, 2.45) is 11.8 Å². The van der Waals surface area contributed by atoms with Gasteiger partial charge in [-0.15, -0.1) is 0 Å². The Morgan fingerprint density at radius 3 is 2.49 bits per heavy atom. The van der Waals surface area contributed by atoms with E-state index in [9.17, 15) is 27.6 Å². The van der Waals surface area contributed by atoms with Crippen molar-refractivity contribution in [3.8, 4) is 6.07 Å². The first-order valence-corrected chi connectivity index (χ1v) is 11.6. The molecule has 3 amide bonds. The van der Waals surface area contributed by atoms with Crippen LogP contribution in [0.3, 0.4) is 0 Å². The zero-order chi connectivity index (χ0) is 26.8. The third-order valence-corrected chi connectivity index (χ3v) is 7.48. The van der Waals surface area contributed by atoms with Crippen molar-refractivity contribution in [3.63, 3.8) is 0 Å². The Morgan fingerprint density at radius 2 is 1.84 bits per heavy atom. The van der Waals surface area contributed by atoms with Gasteiger partial charge in [0.1, 0.15) is 11.7 Å². The molecule has 5 atom stereocenters. The first-order valence-electron chi connectivity index (χ1n) is 11.6. The second-order valence-electron chi connectivity index (χ2n) is 9.84. The van der Waals surface area contributed by atoms with E-state index < -0.39 is 64.4 Å². The van der Waals surface area contributed by atoms with Crippen molar-refractivity contribution in [3.05, 3.63) is 65.2 Å². The molecule has 8 nitrogen and oxygen atoms in total. The molecule has 0 radical (unpaired) electrons. The van der Waals surface area contributed by atoms with Gasteiger partial charge in [-0.05, 0) is 37.6 Å². The molecule has 3 aliphatic rings. The second kappa shape index (κ2) is 8.31. The van der Waals surface area contributed by atoms with Crippen molar-refractivity contribution in [2.45, 2.75) is 50.3 Å². The highest BCUT2D eigenvalue weighted by Crippen LogP contribution is 2.61. The lowest BCUT2D eigenvalue weighted by Gasteiger charge is -2.34.